The van der Waals surface area contributed by atoms with E-state index in [2.05, 4.69) is 35.4 Å². The lowest BCUT2D eigenvalue weighted by atomic mass is 10.0. The van der Waals surface area contributed by atoms with Gasteiger partial charge in [-0.1, -0.05) is 44.2 Å². The van der Waals surface area contributed by atoms with Gasteiger partial charge in [0, 0.05) is 54.8 Å². The molecular weight excluding hydrogens is 502 g/mol. The number of nitrogens with zero attached hydrogens (tertiary/aromatic N) is 7. The third kappa shape index (κ3) is 5.05. The number of rotatable bonds is 7. The first-order valence-corrected chi connectivity index (χ1v) is 13.7. The van der Waals surface area contributed by atoms with Gasteiger partial charge in [0.15, 0.2) is 11.5 Å². The number of amides is 1. The molecule has 0 atom stereocenters. The summed E-state index contributed by atoms with van der Waals surface area (Å²) in [4.78, 5) is 24.7. The Labute approximate surface area is 232 Å². The van der Waals surface area contributed by atoms with Crippen molar-refractivity contribution in [1.29, 1.82) is 0 Å². The maximum atomic E-state index is 13.0. The number of fused-ring (bicyclic) bond motifs is 1. The van der Waals surface area contributed by atoms with Crippen LogP contribution in [0, 0.1) is 0 Å². The molecule has 10 heteroatoms. The Morgan fingerprint density at radius 2 is 1.80 bits per heavy atom. The van der Waals surface area contributed by atoms with Gasteiger partial charge in [0.1, 0.15) is 0 Å². The molecule has 1 amide bonds. The summed E-state index contributed by atoms with van der Waals surface area (Å²) in [5.74, 6) is 1.44. The standard InChI is InChI=1S/C30H33N9O/c1-20(2)25-19-34-39-28(25)35-27(21-8-10-22(11-9-21)29(40)37-16-12-24(31)13-17-37)36-30(39)32-18-23-6-3-4-7-26(23)38-15-5-14-33-38/h3-11,14-15,19-20,24H,12-13,16-18,31H2,1-2H3,(H,32,35,36). The number of hydrogen-bond acceptors (Lipinski definition) is 7. The lowest BCUT2D eigenvalue weighted by Gasteiger charge is -2.30. The quantitative estimate of drug-likeness (QED) is 0.319. The van der Waals surface area contributed by atoms with Crippen molar-refractivity contribution in [2.75, 3.05) is 18.4 Å². The van der Waals surface area contributed by atoms with Crippen LogP contribution in [0.4, 0.5) is 5.95 Å². The average molecular weight is 536 g/mol. The van der Waals surface area contributed by atoms with Gasteiger partial charge in [0.05, 0.1) is 11.9 Å². The fraction of sp³-hybridized carbons (Fsp3) is 0.300. The Balaban J connectivity index is 1.31. The lowest BCUT2D eigenvalue weighted by molar-refractivity contribution is 0.0715. The number of nitrogens with two attached hydrogens (primary N) is 1. The van der Waals surface area contributed by atoms with E-state index >= 15 is 0 Å². The smallest absolute Gasteiger partial charge is 0.253 e. The van der Waals surface area contributed by atoms with Crippen molar-refractivity contribution in [2.24, 2.45) is 5.73 Å². The normalized spacial score (nSPS) is 14.2. The van der Waals surface area contributed by atoms with Crippen molar-refractivity contribution < 1.29 is 4.79 Å². The Bertz CT molecular complexity index is 1620. The Hall–Kier alpha value is -4.57. The van der Waals surface area contributed by atoms with E-state index in [1.165, 1.54) is 0 Å². The first-order chi connectivity index (χ1) is 19.5. The molecule has 0 aliphatic carbocycles. The molecule has 204 valence electrons. The van der Waals surface area contributed by atoms with Crippen LogP contribution in [0.15, 0.2) is 73.2 Å². The van der Waals surface area contributed by atoms with Crippen LogP contribution < -0.4 is 11.1 Å². The third-order valence-corrected chi connectivity index (χ3v) is 7.41. The fourth-order valence-corrected chi connectivity index (χ4v) is 5.06. The van der Waals surface area contributed by atoms with Crippen molar-refractivity contribution in [3.8, 4) is 17.1 Å². The minimum absolute atomic E-state index is 0.0332. The van der Waals surface area contributed by atoms with Crippen molar-refractivity contribution >= 4 is 17.5 Å². The largest absolute Gasteiger partial charge is 0.350 e. The Morgan fingerprint density at radius 1 is 1.02 bits per heavy atom. The maximum absolute atomic E-state index is 13.0. The van der Waals surface area contributed by atoms with E-state index in [1.54, 1.807) is 10.7 Å². The van der Waals surface area contributed by atoms with Crippen LogP contribution in [0.2, 0.25) is 0 Å². The summed E-state index contributed by atoms with van der Waals surface area (Å²) >= 11 is 0. The highest BCUT2D eigenvalue weighted by molar-refractivity contribution is 5.94. The molecule has 10 nitrogen and oxygen atoms in total. The molecule has 0 bridgehead atoms. The second-order valence-electron chi connectivity index (χ2n) is 10.5. The number of hydrogen-bond donors (Lipinski definition) is 2. The van der Waals surface area contributed by atoms with Crippen LogP contribution >= 0.6 is 0 Å². The monoisotopic (exact) mass is 535 g/mol. The minimum Gasteiger partial charge on any atom is -0.350 e. The summed E-state index contributed by atoms with van der Waals surface area (Å²) in [5.41, 5.74) is 11.3. The molecule has 4 heterocycles. The van der Waals surface area contributed by atoms with Gasteiger partial charge >= 0.3 is 0 Å². The molecule has 40 heavy (non-hydrogen) atoms. The van der Waals surface area contributed by atoms with E-state index in [0.29, 0.717) is 37.0 Å². The van der Waals surface area contributed by atoms with E-state index < -0.39 is 0 Å². The predicted octanol–water partition coefficient (Wildman–Crippen LogP) is 4.28. The molecule has 0 saturated carbocycles. The third-order valence-electron chi connectivity index (χ3n) is 7.41. The molecule has 1 fully saturated rings. The van der Waals surface area contributed by atoms with Crippen LogP contribution in [0.25, 0.3) is 22.7 Å². The first kappa shape index (κ1) is 25.7. The van der Waals surface area contributed by atoms with Gasteiger partial charge in [-0.15, -0.1) is 0 Å². The number of carbonyl (C=O) groups excluding carboxylic acids is 1. The number of anilines is 1. The molecule has 3 N–H and O–H groups in total. The average Bonchev–Trinajstić information content (AvgIpc) is 3.67. The van der Waals surface area contributed by atoms with Gasteiger partial charge in [-0.05, 0) is 48.6 Å². The predicted molar refractivity (Wildman–Crippen MR) is 154 cm³/mol. The highest BCUT2D eigenvalue weighted by Gasteiger charge is 2.22. The summed E-state index contributed by atoms with van der Waals surface area (Å²) in [7, 11) is 0. The second kappa shape index (κ2) is 10.9. The zero-order valence-electron chi connectivity index (χ0n) is 22.7. The summed E-state index contributed by atoms with van der Waals surface area (Å²) in [6.45, 7) is 6.16. The van der Waals surface area contributed by atoms with Crippen LogP contribution in [0.3, 0.4) is 0 Å². The molecule has 1 aliphatic rings. The van der Waals surface area contributed by atoms with Gasteiger partial charge in [0.25, 0.3) is 5.91 Å². The van der Waals surface area contributed by atoms with Crippen LogP contribution in [0.5, 0.6) is 0 Å². The van der Waals surface area contributed by atoms with Gasteiger partial charge in [0.2, 0.25) is 5.95 Å². The number of piperidine rings is 1. The van der Waals surface area contributed by atoms with E-state index in [4.69, 9.17) is 15.7 Å². The van der Waals surface area contributed by atoms with Crippen molar-refractivity contribution in [1.82, 2.24) is 34.3 Å². The van der Waals surface area contributed by atoms with E-state index in [0.717, 1.165) is 40.9 Å². The number of aromatic nitrogens is 6. The number of benzene rings is 2. The van der Waals surface area contributed by atoms with Crippen LogP contribution in [-0.2, 0) is 6.54 Å². The molecule has 1 aliphatic heterocycles. The minimum atomic E-state index is 0.0332. The van der Waals surface area contributed by atoms with Gasteiger partial charge in [-0.25, -0.2) is 9.67 Å². The number of carbonyl (C=O) groups is 1. The maximum Gasteiger partial charge on any atom is 0.253 e. The molecule has 3 aromatic heterocycles. The zero-order valence-corrected chi connectivity index (χ0v) is 22.7. The topological polar surface area (TPSA) is 119 Å². The van der Waals surface area contributed by atoms with Crippen molar-refractivity contribution in [2.45, 2.75) is 45.2 Å². The Kier molecular flexibility index (Phi) is 7.00. The highest BCUT2D eigenvalue weighted by Crippen LogP contribution is 2.26. The lowest BCUT2D eigenvalue weighted by Crippen LogP contribution is -2.42. The van der Waals surface area contributed by atoms with Gasteiger partial charge in [-0.2, -0.15) is 19.7 Å². The second-order valence-corrected chi connectivity index (χ2v) is 10.5. The fourth-order valence-electron chi connectivity index (χ4n) is 5.06. The zero-order chi connectivity index (χ0) is 27.6. The summed E-state index contributed by atoms with van der Waals surface area (Å²) in [5, 5.41) is 12.5. The summed E-state index contributed by atoms with van der Waals surface area (Å²) in [6, 6.07) is 17.7. The highest BCUT2D eigenvalue weighted by atomic mass is 16.2. The van der Waals surface area contributed by atoms with Gasteiger partial charge < -0.3 is 16.0 Å². The molecule has 6 rings (SSSR count). The van der Waals surface area contributed by atoms with Crippen molar-refractivity contribution in [3.05, 3.63) is 89.9 Å². The molecule has 1 saturated heterocycles. The first-order valence-electron chi connectivity index (χ1n) is 13.7. The molecular formula is C30H33N9O. The number of likely N-dealkylation sites (tertiary alicyclic amines) is 1. The molecule has 5 aromatic rings. The molecule has 0 spiro atoms. The number of para-hydroxylation sites is 1. The van der Waals surface area contributed by atoms with Crippen LogP contribution in [-0.4, -0.2) is 59.3 Å². The molecule has 0 radical (unpaired) electrons. The number of nitrogens with one attached hydrogen (secondary N) is 1. The summed E-state index contributed by atoms with van der Waals surface area (Å²) < 4.78 is 3.61. The van der Waals surface area contributed by atoms with Gasteiger partial charge in [-0.3, -0.25) is 4.79 Å². The van der Waals surface area contributed by atoms with E-state index in [1.807, 2.05) is 70.5 Å². The Morgan fingerprint density at radius 3 is 2.52 bits per heavy atom. The SMILES string of the molecule is CC(C)c1cnn2c(NCc3ccccc3-n3cccn3)nc(-c3ccc(C(=O)N4CCC(N)CC4)cc3)nc12. The molecule has 2 aromatic carbocycles. The van der Waals surface area contributed by atoms with E-state index in [9.17, 15) is 4.79 Å². The van der Waals surface area contributed by atoms with Crippen LogP contribution in [0.1, 0.15) is 54.1 Å². The van der Waals surface area contributed by atoms with E-state index in [-0.39, 0.29) is 17.9 Å². The van der Waals surface area contributed by atoms with Crippen molar-refractivity contribution in [3.63, 3.8) is 0 Å². The molecule has 0 unspecified atom stereocenters. The summed E-state index contributed by atoms with van der Waals surface area (Å²) in [6.07, 6.45) is 7.22.